The van der Waals surface area contributed by atoms with E-state index in [1.54, 1.807) is 17.6 Å². The van der Waals surface area contributed by atoms with Crippen LogP contribution in [0.1, 0.15) is 12.8 Å². The number of sulfonamides is 1. The van der Waals surface area contributed by atoms with Crippen LogP contribution in [0, 0.1) is 0 Å². The Kier molecular flexibility index (Phi) is 3.91. The molecule has 21 heavy (non-hydrogen) atoms. The van der Waals surface area contributed by atoms with Gasteiger partial charge >= 0.3 is 0 Å². The van der Waals surface area contributed by atoms with E-state index in [4.69, 9.17) is 0 Å². The molecule has 3 rings (SSSR count). The van der Waals surface area contributed by atoms with Gasteiger partial charge in [-0.15, -0.1) is 11.3 Å². The lowest BCUT2D eigenvalue weighted by Gasteiger charge is -2.29. The number of nitrogens with one attached hydrogen (secondary N) is 2. The number of likely N-dealkylation sites (N-methyl/N-ethyl adjacent to an activating group) is 1. The van der Waals surface area contributed by atoms with Crippen LogP contribution in [0.3, 0.4) is 0 Å². The van der Waals surface area contributed by atoms with Gasteiger partial charge in [0.2, 0.25) is 0 Å². The van der Waals surface area contributed by atoms with Gasteiger partial charge in [-0.05, 0) is 26.4 Å². The minimum atomic E-state index is -3.61. The molecule has 0 saturated carbocycles. The Balaban J connectivity index is 1.94. The number of rotatable bonds is 4. The van der Waals surface area contributed by atoms with Gasteiger partial charge in [-0.2, -0.15) is 0 Å². The number of hydrogen-bond donors (Lipinski definition) is 2. The van der Waals surface area contributed by atoms with Crippen molar-refractivity contribution < 1.29 is 8.42 Å². The highest BCUT2D eigenvalue weighted by molar-refractivity contribution is 7.89. The molecule has 0 aromatic carbocycles. The fourth-order valence-corrected chi connectivity index (χ4v) is 5.05. The minimum absolute atomic E-state index is 0.0531. The van der Waals surface area contributed by atoms with E-state index in [1.807, 2.05) is 12.4 Å². The Hall–Kier alpha value is -1.16. The van der Waals surface area contributed by atoms with Crippen molar-refractivity contribution >= 4 is 32.1 Å². The number of likely N-dealkylation sites (tertiary alicyclic amines) is 1. The molecule has 1 unspecified atom stereocenters. The molecule has 1 saturated heterocycles. The van der Waals surface area contributed by atoms with Gasteiger partial charge in [0.25, 0.3) is 10.0 Å². The average molecular weight is 329 g/mol. The lowest BCUT2D eigenvalue weighted by molar-refractivity contribution is 0.242. The number of hydrogen-bond acceptors (Lipinski definition) is 6. The predicted octanol–water partition coefficient (Wildman–Crippen LogP) is 0.810. The monoisotopic (exact) mass is 329 g/mol. The third kappa shape index (κ3) is 2.78. The summed E-state index contributed by atoms with van der Waals surface area (Å²) >= 11 is 1.41. The molecule has 7 nitrogen and oxygen atoms in total. The molecule has 0 aliphatic carbocycles. The first-order valence-corrected chi connectivity index (χ1v) is 9.22. The van der Waals surface area contributed by atoms with Crippen molar-refractivity contribution in [3.05, 3.63) is 11.6 Å². The normalized spacial score (nSPS) is 21.0. The van der Waals surface area contributed by atoms with E-state index in [0.29, 0.717) is 10.8 Å². The van der Waals surface area contributed by atoms with Crippen molar-refractivity contribution in [3.8, 4) is 0 Å². The van der Waals surface area contributed by atoms with Crippen molar-refractivity contribution in [3.63, 3.8) is 0 Å². The second-order valence-corrected chi connectivity index (χ2v) is 7.80. The second kappa shape index (κ2) is 5.56. The largest absolute Gasteiger partial charge is 0.371 e. The zero-order valence-electron chi connectivity index (χ0n) is 12.0. The molecule has 0 radical (unpaired) electrons. The van der Waals surface area contributed by atoms with E-state index < -0.39 is 10.0 Å². The van der Waals surface area contributed by atoms with E-state index in [0.717, 1.165) is 25.9 Å². The third-order valence-electron chi connectivity index (χ3n) is 3.66. The van der Waals surface area contributed by atoms with Crippen LogP contribution >= 0.6 is 11.3 Å². The van der Waals surface area contributed by atoms with Gasteiger partial charge in [-0.25, -0.2) is 18.1 Å². The average Bonchev–Trinajstić information content (AvgIpc) is 2.96. The molecule has 2 aromatic heterocycles. The summed E-state index contributed by atoms with van der Waals surface area (Å²) in [4.78, 5) is 7.12. The molecular weight excluding hydrogens is 310 g/mol. The Labute approximate surface area is 128 Å². The number of aromatic nitrogens is 2. The smallest absolute Gasteiger partial charge is 0.260 e. The molecule has 3 heterocycles. The second-order valence-electron chi connectivity index (χ2n) is 5.29. The van der Waals surface area contributed by atoms with Gasteiger partial charge < -0.3 is 10.2 Å². The zero-order chi connectivity index (χ0) is 15.0. The minimum Gasteiger partial charge on any atom is -0.371 e. The first kappa shape index (κ1) is 14.8. The molecule has 0 amide bonds. The summed E-state index contributed by atoms with van der Waals surface area (Å²) in [5.41, 5.74) is 0. The SMILES string of the molecule is CNc1nc2sccn2c1S(=O)(=O)NC1CCCN(C)C1. The summed E-state index contributed by atoms with van der Waals surface area (Å²) in [5, 5.41) is 4.89. The molecule has 2 N–H and O–H groups in total. The Morgan fingerprint density at radius 1 is 1.48 bits per heavy atom. The predicted molar refractivity (Wildman–Crippen MR) is 83.5 cm³/mol. The van der Waals surface area contributed by atoms with Gasteiger partial charge in [0.1, 0.15) is 0 Å². The van der Waals surface area contributed by atoms with Crippen LogP contribution in [-0.2, 0) is 10.0 Å². The van der Waals surface area contributed by atoms with Crippen LogP contribution in [0.5, 0.6) is 0 Å². The van der Waals surface area contributed by atoms with E-state index in [-0.39, 0.29) is 11.1 Å². The fraction of sp³-hybridized carbons (Fsp3) is 0.583. The highest BCUT2D eigenvalue weighted by Crippen LogP contribution is 2.25. The van der Waals surface area contributed by atoms with Crippen molar-refractivity contribution in [1.82, 2.24) is 19.0 Å². The number of nitrogens with zero attached hydrogens (tertiary/aromatic N) is 3. The molecule has 1 atom stereocenters. The molecular formula is C12H19N5O2S2. The van der Waals surface area contributed by atoms with Crippen LogP contribution in [0.25, 0.3) is 4.96 Å². The van der Waals surface area contributed by atoms with Gasteiger partial charge in [-0.3, -0.25) is 4.40 Å². The third-order valence-corrected chi connectivity index (χ3v) is 5.96. The van der Waals surface area contributed by atoms with Crippen LogP contribution in [0.15, 0.2) is 16.6 Å². The molecule has 1 aliphatic heterocycles. The van der Waals surface area contributed by atoms with Crippen molar-refractivity contribution in [2.45, 2.75) is 23.9 Å². The van der Waals surface area contributed by atoms with E-state index in [9.17, 15) is 8.42 Å². The molecule has 116 valence electrons. The van der Waals surface area contributed by atoms with Gasteiger partial charge in [0.05, 0.1) is 0 Å². The topological polar surface area (TPSA) is 78.7 Å². The first-order valence-electron chi connectivity index (χ1n) is 6.85. The maximum Gasteiger partial charge on any atom is 0.260 e. The summed E-state index contributed by atoms with van der Waals surface area (Å²) in [7, 11) is 0.0784. The summed E-state index contributed by atoms with van der Waals surface area (Å²) in [6.07, 6.45) is 3.60. The van der Waals surface area contributed by atoms with Crippen molar-refractivity contribution in [1.29, 1.82) is 0 Å². The summed E-state index contributed by atoms with van der Waals surface area (Å²) < 4.78 is 29.9. The van der Waals surface area contributed by atoms with Crippen LogP contribution in [0.2, 0.25) is 0 Å². The number of anilines is 1. The van der Waals surface area contributed by atoms with Crippen molar-refractivity contribution in [2.24, 2.45) is 0 Å². The summed E-state index contributed by atoms with van der Waals surface area (Å²) in [6.45, 7) is 1.75. The van der Waals surface area contributed by atoms with Crippen LogP contribution in [0.4, 0.5) is 5.82 Å². The van der Waals surface area contributed by atoms with E-state index in [1.165, 1.54) is 11.3 Å². The highest BCUT2D eigenvalue weighted by atomic mass is 32.2. The molecule has 2 aromatic rings. The van der Waals surface area contributed by atoms with E-state index in [2.05, 4.69) is 19.9 Å². The van der Waals surface area contributed by atoms with Gasteiger partial charge in [0.15, 0.2) is 15.8 Å². The maximum atomic E-state index is 12.7. The summed E-state index contributed by atoms with van der Waals surface area (Å²) in [6, 6.07) is -0.0531. The van der Waals surface area contributed by atoms with Crippen LogP contribution in [-0.4, -0.2) is 55.9 Å². The lowest BCUT2D eigenvalue weighted by atomic mass is 10.1. The molecule has 9 heteroatoms. The molecule has 0 spiro atoms. The standard InChI is InChI=1S/C12H19N5O2S2/c1-13-10-11(17-6-7-20-12(17)14-10)21(18,19)15-9-4-3-5-16(2)8-9/h6-7,9,13,15H,3-5,8H2,1-2H3. The lowest BCUT2D eigenvalue weighted by Crippen LogP contribution is -2.46. The quantitative estimate of drug-likeness (QED) is 0.868. The van der Waals surface area contributed by atoms with Crippen molar-refractivity contribution in [2.75, 3.05) is 32.5 Å². The Bertz CT molecular complexity index is 736. The fourth-order valence-electron chi connectivity index (χ4n) is 2.72. The Morgan fingerprint density at radius 3 is 3.00 bits per heavy atom. The number of piperidine rings is 1. The number of fused-ring (bicyclic) bond motifs is 1. The summed E-state index contributed by atoms with van der Waals surface area (Å²) in [5.74, 6) is 0.388. The Morgan fingerprint density at radius 2 is 2.29 bits per heavy atom. The highest BCUT2D eigenvalue weighted by Gasteiger charge is 2.29. The number of imidazole rings is 1. The van der Waals surface area contributed by atoms with Crippen LogP contribution < -0.4 is 10.0 Å². The van der Waals surface area contributed by atoms with Gasteiger partial charge in [-0.1, -0.05) is 0 Å². The number of thiazole rings is 1. The van der Waals surface area contributed by atoms with E-state index >= 15 is 0 Å². The molecule has 1 fully saturated rings. The molecule has 0 bridgehead atoms. The first-order chi connectivity index (χ1) is 10.0. The van der Waals surface area contributed by atoms with Gasteiger partial charge in [0, 0.05) is 31.2 Å². The zero-order valence-corrected chi connectivity index (χ0v) is 13.7. The maximum absolute atomic E-state index is 12.7. The molecule has 1 aliphatic rings.